The van der Waals surface area contributed by atoms with Crippen LogP contribution in [0.2, 0.25) is 0 Å². The number of hydrogen-bond acceptors (Lipinski definition) is 5. The fourth-order valence-electron chi connectivity index (χ4n) is 2.28. The van der Waals surface area contributed by atoms with Crippen LogP contribution < -0.4 is 10.6 Å². The third-order valence-electron chi connectivity index (χ3n) is 3.55. The van der Waals surface area contributed by atoms with Crippen molar-refractivity contribution in [2.45, 2.75) is 13.3 Å². The molecule has 2 rings (SSSR count). The van der Waals surface area contributed by atoms with Gasteiger partial charge in [-0.25, -0.2) is 9.97 Å². The summed E-state index contributed by atoms with van der Waals surface area (Å²) in [5, 5.41) is 0. The Labute approximate surface area is 113 Å². The lowest BCUT2D eigenvalue weighted by atomic mass is 10.0. The molecule has 1 aromatic rings. The van der Waals surface area contributed by atoms with Crippen molar-refractivity contribution in [3.05, 3.63) is 18.5 Å². The summed E-state index contributed by atoms with van der Waals surface area (Å²) < 4.78 is 0. The molecule has 1 fully saturated rings. The molecule has 0 radical (unpaired) electrons. The van der Waals surface area contributed by atoms with Gasteiger partial charge in [0, 0.05) is 45.1 Å². The largest absolute Gasteiger partial charge is 0.339 e. The fourth-order valence-corrected chi connectivity index (χ4v) is 2.28. The predicted octanol–water partition coefficient (Wildman–Crippen LogP) is 0.110. The van der Waals surface area contributed by atoms with E-state index in [1.165, 1.54) is 0 Å². The van der Waals surface area contributed by atoms with Gasteiger partial charge in [-0.1, -0.05) is 6.92 Å². The Hall–Kier alpha value is -1.69. The second-order valence-corrected chi connectivity index (χ2v) is 4.70. The summed E-state index contributed by atoms with van der Waals surface area (Å²) in [6.07, 6.45) is 4.28. The standard InChI is InChI=1S/C13H21N5O/c1-2-11(10-14)12(19)17-6-8-18(9-7-17)13-15-4-3-5-16-13/h3-5,11H,2,6-10,14H2,1H3. The van der Waals surface area contributed by atoms with E-state index in [0.717, 1.165) is 25.5 Å². The Morgan fingerprint density at radius 2 is 1.95 bits per heavy atom. The van der Waals surface area contributed by atoms with Crippen molar-refractivity contribution in [1.82, 2.24) is 14.9 Å². The molecule has 19 heavy (non-hydrogen) atoms. The highest BCUT2D eigenvalue weighted by Gasteiger charge is 2.26. The first kappa shape index (κ1) is 13.7. The molecule has 0 aromatic carbocycles. The molecule has 1 atom stereocenters. The lowest BCUT2D eigenvalue weighted by Crippen LogP contribution is -2.51. The van der Waals surface area contributed by atoms with Gasteiger partial charge < -0.3 is 15.5 Å². The topological polar surface area (TPSA) is 75.4 Å². The Morgan fingerprint density at radius 3 is 2.47 bits per heavy atom. The quantitative estimate of drug-likeness (QED) is 0.834. The molecule has 1 aliphatic rings. The summed E-state index contributed by atoms with van der Waals surface area (Å²) in [6.45, 7) is 5.41. The van der Waals surface area contributed by atoms with Crippen molar-refractivity contribution in [3.63, 3.8) is 0 Å². The second-order valence-electron chi connectivity index (χ2n) is 4.70. The lowest BCUT2D eigenvalue weighted by Gasteiger charge is -2.36. The second kappa shape index (κ2) is 6.47. The summed E-state index contributed by atoms with van der Waals surface area (Å²) >= 11 is 0. The van der Waals surface area contributed by atoms with Crippen LogP contribution in [0, 0.1) is 5.92 Å². The Bertz CT molecular complexity index is 399. The third-order valence-corrected chi connectivity index (χ3v) is 3.55. The van der Waals surface area contributed by atoms with E-state index in [2.05, 4.69) is 14.9 Å². The van der Waals surface area contributed by atoms with Crippen LogP contribution in [0.25, 0.3) is 0 Å². The van der Waals surface area contributed by atoms with Gasteiger partial charge in [-0.15, -0.1) is 0 Å². The summed E-state index contributed by atoms with van der Waals surface area (Å²) in [4.78, 5) is 24.7. The van der Waals surface area contributed by atoms with Gasteiger partial charge in [0.05, 0.1) is 5.92 Å². The highest BCUT2D eigenvalue weighted by Crippen LogP contribution is 2.13. The van der Waals surface area contributed by atoms with E-state index in [9.17, 15) is 4.79 Å². The summed E-state index contributed by atoms with van der Waals surface area (Å²) in [6, 6.07) is 1.80. The molecular formula is C13H21N5O. The van der Waals surface area contributed by atoms with E-state index in [4.69, 9.17) is 5.73 Å². The van der Waals surface area contributed by atoms with Crippen LogP contribution in [0.5, 0.6) is 0 Å². The maximum Gasteiger partial charge on any atom is 0.227 e. The molecule has 1 aliphatic heterocycles. The zero-order valence-corrected chi connectivity index (χ0v) is 11.3. The molecule has 2 N–H and O–H groups in total. The van der Waals surface area contributed by atoms with E-state index in [1.807, 2.05) is 11.8 Å². The molecule has 0 bridgehead atoms. The monoisotopic (exact) mass is 263 g/mol. The first-order chi connectivity index (χ1) is 9.26. The van der Waals surface area contributed by atoms with Crippen LogP contribution in [-0.4, -0.2) is 53.5 Å². The minimum Gasteiger partial charge on any atom is -0.339 e. The van der Waals surface area contributed by atoms with E-state index >= 15 is 0 Å². The van der Waals surface area contributed by atoms with E-state index < -0.39 is 0 Å². The van der Waals surface area contributed by atoms with Crippen LogP contribution in [0.15, 0.2) is 18.5 Å². The number of hydrogen-bond donors (Lipinski definition) is 1. The summed E-state index contributed by atoms with van der Waals surface area (Å²) in [7, 11) is 0. The minimum atomic E-state index is -0.0421. The number of carbonyl (C=O) groups is 1. The zero-order chi connectivity index (χ0) is 13.7. The number of aromatic nitrogens is 2. The predicted molar refractivity (Wildman–Crippen MR) is 73.7 cm³/mol. The number of nitrogens with zero attached hydrogens (tertiary/aromatic N) is 4. The van der Waals surface area contributed by atoms with Gasteiger partial charge in [0.1, 0.15) is 0 Å². The molecular weight excluding hydrogens is 242 g/mol. The van der Waals surface area contributed by atoms with Gasteiger partial charge in [0.15, 0.2) is 0 Å². The summed E-state index contributed by atoms with van der Waals surface area (Å²) in [5.74, 6) is 0.874. The molecule has 1 saturated heterocycles. The van der Waals surface area contributed by atoms with Gasteiger partial charge in [0.25, 0.3) is 0 Å². The van der Waals surface area contributed by atoms with Gasteiger partial charge in [0.2, 0.25) is 11.9 Å². The SMILES string of the molecule is CCC(CN)C(=O)N1CCN(c2ncccn2)CC1. The van der Waals surface area contributed by atoms with Crippen LogP contribution in [-0.2, 0) is 4.79 Å². The fraction of sp³-hybridized carbons (Fsp3) is 0.615. The first-order valence-electron chi connectivity index (χ1n) is 6.77. The van der Waals surface area contributed by atoms with Crippen molar-refractivity contribution >= 4 is 11.9 Å². The number of carbonyl (C=O) groups excluding carboxylic acids is 1. The molecule has 2 heterocycles. The maximum atomic E-state index is 12.2. The van der Waals surface area contributed by atoms with Crippen LogP contribution in [0.3, 0.4) is 0 Å². The minimum absolute atomic E-state index is 0.0421. The molecule has 1 unspecified atom stereocenters. The number of rotatable bonds is 4. The van der Waals surface area contributed by atoms with E-state index in [1.54, 1.807) is 18.5 Å². The Kier molecular flexibility index (Phi) is 4.68. The molecule has 1 amide bonds. The molecule has 104 valence electrons. The molecule has 0 saturated carbocycles. The smallest absolute Gasteiger partial charge is 0.227 e. The van der Waals surface area contributed by atoms with Gasteiger partial charge in [-0.2, -0.15) is 0 Å². The van der Waals surface area contributed by atoms with Crippen molar-refractivity contribution in [2.75, 3.05) is 37.6 Å². The molecule has 6 heteroatoms. The average molecular weight is 263 g/mol. The van der Waals surface area contributed by atoms with Crippen molar-refractivity contribution in [1.29, 1.82) is 0 Å². The van der Waals surface area contributed by atoms with E-state index in [0.29, 0.717) is 19.6 Å². The highest BCUT2D eigenvalue weighted by atomic mass is 16.2. The number of anilines is 1. The average Bonchev–Trinajstić information content (AvgIpc) is 2.49. The molecule has 0 spiro atoms. The van der Waals surface area contributed by atoms with Crippen molar-refractivity contribution in [2.24, 2.45) is 11.7 Å². The van der Waals surface area contributed by atoms with Crippen LogP contribution in [0.1, 0.15) is 13.3 Å². The molecule has 6 nitrogen and oxygen atoms in total. The first-order valence-corrected chi connectivity index (χ1v) is 6.77. The number of piperazine rings is 1. The van der Waals surface area contributed by atoms with Crippen LogP contribution in [0.4, 0.5) is 5.95 Å². The lowest BCUT2D eigenvalue weighted by molar-refractivity contribution is -0.135. The molecule has 0 aliphatic carbocycles. The maximum absolute atomic E-state index is 12.2. The van der Waals surface area contributed by atoms with E-state index in [-0.39, 0.29) is 11.8 Å². The van der Waals surface area contributed by atoms with Gasteiger partial charge in [-0.3, -0.25) is 4.79 Å². The third kappa shape index (κ3) is 3.20. The van der Waals surface area contributed by atoms with Crippen LogP contribution >= 0.6 is 0 Å². The zero-order valence-electron chi connectivity index (χ0n) is 11.3. The van der Waals surface area contributed by atoms with Gasteiger partial charge >= 0.3 is 0 Å². The number of nitrogens with two attached hydrogens (primary N) is 1. The Morgan fingerprint density at radius 1 is 1.32 bits per heavy atom. The highest BCUT2D eigenvalue weighted by molar-refractivity contribution is 5.79. The normalized spacial score (nSPS) is 17.4. The Balaban J connectivity index is 1.91. The van der Waals surface area contributed by atoms with Crippen molar-refractivity contribution in [3.8, 4) is 0 Å². The summed E-state index contributed by atoms with van der Waals surface area (Å²) in [5.41, 5.74) is 5.63. The van der Waals surface area contributed by atoms with Crippen molar-refractivity contribution < 1.29 is 4.79 Å². The van der Waals surface area contributed by atoms with Gasteiger partial charge in [-0.05, 0) is 12.5 Å². The molecule has 1 aromatic heterocycles. The number of amides is 1.